The summed E-state index contributed by atoms with van der Waals surface area (Å²) in [5.41, 5.74) is 2.41. The van der Waals surface area contributed by atoms with Crippen LogP contribution < -0.4 is 5.32 Å². The van der Waals surface area contributed by atoms with E-state index < -0.39 is 0 Å². The molecular formula is C16H18N2O3. The van der Waals surface area contributed by atoms with E-state index in [4.69, 9.17) is 0 Å². The number of nitro groups is 1. The van der Waals surface area contributed by atoms with Crippen LogP contribution in [0.5, 0.6) is 5.75 Å². The van der Waals surface area contributed by atoms with E-state index in [1.807, 2.05) is 32.0 Å². The van der Waals surface area contributed by atoms with Gasteiger partial charge < -0.3 is 10.4 Å². The number of phenolic OH excluding ortho intramolecular Hbond substituents is 1. The van der Waals surface area contributed by atoms with Gasteiger partial charge >= 0.3 is 0 Å². The molecule has 1 unspecified atom stereocenters. The lowest BCUT2D eigenvalue weighted by molar-refractivity contribution is -0.384. The van der Waals surface area contributed by atoms with Crippen molar-refractivity contribution < 1.29 is 10.0 Å². The molecule has 0 bridgehead atoms. The third kappa shape index (κ3) is 3.51. The van der Waals surface area contributed by atoms with E-state index in [2.05, 4.69) is 5.32 Å². The average molecular weight is 286 g/mol. The summed E-state index contributed by atoms with van der Waals surface area (Å²) in [5.74, 6) is 0.204. The number of aromatic hydroxyl groups is 1. The van der Waals surface area contributed by atoms with Gasteiger partial charge in [0.1, 0.15) is 11.4 Å². The third-order valence-corrected chi connectivity index (χ3v) is 3.38. The molecule has 0 amide bonds. The van der Waals surface area contributed by atoms with Crippen molar-refractivity contribution in [1.29, 1.82) is 0 Å². The molecule has 0 aromatic heterocycles. The molecule has 21 heavy (non-hydrogen) atoms. The number of benzene rings is 2. The normalized spacial score (nSPS) is 11.9. The molecule has 0 fully saturated rings. The van der Waals surface area contributed by atoms with Crippen molar-refractivity contribution in [3.05, 3.63) is 63.7 Å². The minimum absolute atomic E-state index is 0.0491. The fourth-order valence-electron chi connectivity index (χ4n) is 2.23. The molecule has 1 atom stereocenters. The SMILES string of the molecule is CCC(Nc1ccc(C)cc1[N+](=O)[O-])c1ccc(O)cc1. The number of aryl methyl sites for hydroxylation is 1. The highest BCUT2D eigenvalue weighted by Crippen LogP contribution is 2.30. The second-order valence-electron chi connectivity index (χ2n) is 4.97. The van der Waals surface area contributed by atoms with E-state index in [9.17, 15) is 15.2 Å². The predicted molar refractivity (Wildman–Crippen MR) is 82.6 cm³/mol. The summed E-state index contributed by atoms with van der Waals surface area (Å²) in [4.78, 5) is 10.8. The number of hydrogen-bond acceptors (Lipinski definition) is 4. The third-order valence-electron chi connectivity index (χ3n) is 3.38. The number of nitro benzene ring substituents is 1. The van der Waals surface area contributed by atoms with E-state index in [1.54, 1.807) is 24.3 Å². The Hall–Kier alpha value is -2.56. The largest absolute Gasteiger partial charge is 0.508 e. The number of rotatable bonds is 5. The summed E-state index contributed by atoms with van der Waals surface area (Å²) in [6.45, 7) is 3.83. The van der Waals surface area contributed by atoms with Crippen LogP contribution in [0.3, 0.4) is 0 Å². The van der Waals surface area contributed by atoms with Gasteiger partial charge in [0.2, 0.25) is 0 Å². The molecule has 5 heteroatoms. The van der Waals surface area contributed by atoms with Gasteiger partial charge in [-0.3, -0.25) is 10.1 Å². The zero-order chi connectivity index (χ0) is 15.4. The topological polar surface area (TPSA) is 75.4 Å². The first-order valence-electron chi connectivity index (χ1n) is 6.81. The van der Waals surface area contributed by atoms with Gasteiger partial charge in [-0.1, -0.05) is 25.1 Å². The molecule has 0 saturated carbocycles. The number of anilines is 1. The molecule has 2 N–H and O–H groups in total. The highest BCUT2D eigenvalue weighted by Gasteiger charge is 2.17. The predicted octanol–water partition coefficient (Wildman–Crippen LogP) is 4.17. The van der Waals surface area contributed by atoms with Crippen LogP contribution in [-0.2, 0) is 0 Å². The highest BCUT2D eigenvalue weighted by atomic mass is 16.6. The van der Waals surface area contributed by atoms with Crippen LogP contribution in [0.15, 0.2) is 42.5 Å². The van der Waals surface area contributed by atoms with Gasteiger partial charge in [-0.2, -0.15) is 0 Å². The first-order chi connectivity index (χ1) is 10.0. The molecular weight excluding hydrogens is 268 g/mol. The molecule has 0 aliphatic carbocycles. The van der Waals surface area contributed by atoms with Crippen molar-refractivity contribution in [2.75, 3.05) is 5.32 Å². The van der Waals surface area contributed by atoms with Gasteiger partial charge in [0.05, 0.1) is 11.0 Å². The molecule has 0 saturated heterocycles. The van der Waals surface area contributed by atoms with E-state index in [-0.39, 0.29) is 22.4 Å². The zero-order valence-electron chi connectivity index (χ0n) is 12.0. The van der Waals surface area contributed by atoms with Crippen molar-refractivity contribution in [2.45, 2.75) is 26.3 Å². The van der Waals surface area contributed by atoms with Gasteiger partial charge in [-0.15, -0.1) is 0 Å². The number of nitrogens with zero attached hydrogens (tertiary/aromatic N) is 1. The Balaban J connectivity index is 2.30. The van der Waals surface area contributed by atoms with Crippen LogP contribution >= 0.6 is 0 Å². The standard InChI is InChI=1S/C16H18N2O3/c1-3-14(12-5-7-13(19)8-6-12)17-15-9-4-11(2)10-16(15)18(20)21/h4-10,14,17,19H,3H2,1-2H3. The second kappa shape index (κ2) is 6.26. The molecule has 0 heterocycles. The van der Waals surface area contributed by atoms with Crippen molar-refractivity contribution in [1.82, 2.24) is 0 Å². The number of hydrogen-bond donors (Lipinski definition) is 2. The van der Waals surface area contributed by atoms with Gasteiger partial charge in [-0.25, -0.2) is 0 Å². The fraction of sp³-hybridized carbons (Fsp3) is 0.250. The molecule has 2 aromatic carbocycles. The number of nitrogens with one attached hydrogen (secondary N) is 1. The van der Waals surface area contributed by atoms with Gasteiger partial charge in [0, 0.05) is 6.07 Å². The van der Waals surface area contributed by atoms with Crippen molar-refractivity contribution in [2.24, 2.45) is 0 Å². The second-order valence-corrected chi connectivity index (χ2v) is 4.97. The van der Waals surface area contributed by atoms with E-state index in [0.717, 1.165) is 17.5 Å². The Bertz CT molecular complexity index is 638. The molecule has 110 valence electrons. The smallest absolute Gasteiger partial charge is 0.292 e. The molecule has 0 aliphatic rings. The lowest BCUT2D eigenvalue weighted by atomic mass is 10.0. The maximum absolute atomic E-state index is 11.2. The Kier molecular flexibility index (Phi) is 4.42. The molecule has 5 nitrogen and oxygen atoms in total. The van der Waals surface area contributed by atoms with Crippen LogP contribution in [0.2, 0.25) is 0 Å². The molecule has 0 spiro atoms. The maximum atomic E-state index is 11.2. The van der Waals surface area contributed by atoms with Crippen molar-refractivity contribution in [3.8, 4) is 5.75 Å². The van der Waals surface area contributed by atoms with Crippen LogP contribution in [0.1, 0.15) is 30.5 Å². The van der Waals surface area contributed by atoms with Crippen LogP contribution in [0.25, 0.3) is 0 Å². The highest BCUT2D eigenvalue weighted by molar-refractivity contribution is 5.63. The van der Waals surface area contributed by atoms with Gasteiger partial charge in [-0.05, 0) is 42.7 Å². The average Bonchev–Trinajstić information content (AvgIpc) is 2.47. The first kappa shape index (κ1) is 14.8. The fourth-order valence-corrected chi connectivity index (χ4v) is 2.23. The summed E-state index contributed by atoms with van der Waals surface area (Å²) in [6, 6.07) is 12.0. The van der Waals surface area contributed by atoms with Gasteiger partial charge in [0.15, 0.2) is 0 Å². The first-order valence-corrected chi connectivity index (χ1v) is 6.81. The monoisotopic (exact) mass is 286 g/mol. The zero-order valence-corrected chi connectivity index (χ0v) is 12.0. The van der Waals surface area contributed by atoms with Crippen LogP contribution in [0.4, 0.5) is 11.4 Å². The molecule has 2 aromatic rings. The Morgan fingerprint density at radius 3 is 2.48 bits per heavy atom. The van der Waals surface area contributed by atoms with Crippen molar-refractivity contribution >= 4 is 11.4 Å². The Morgan fingerprint density at radius 1 is 1.24 bits per heavy atom. The summed E-state index contributed by atoms with van der Waals surface area (Å²) in [5, 5.41) is 23.7. The lowest BCUT2D eigenvalue weighted by Gasteiger charge is -2.19. The lowest BCUT2D eigenvalue weighted by Crippen LogP contribution is -2.11. The molecule has 0 radical (unpaired) electrons. The van der Waals surface area contributed by atoms with Crippen molar-refractivity contribution in [3.63, 3.8) is 0 Å². The minimum atomic E-state index is -0.376. The Morgan fingerprint density at radius 2 is 1.90 bits per heavy atom. The Labute approximate surface area is 123 Å². The van der Waals surface area contributed by atoms with E-state index in [0.29, 0.717) is 5.69 Å². The van der Waals surface area contributed by atoms with E-state index in [1.165, 1.54) is 0 Å². The summed E-state index contributed by atoms with van der Waals surface area (Å²) in [6.07, 6.45) is 0.774. The number of phenols is 1. The summed E-state index contributed by atoms with van der Waals surface area (Å²) >= 11 is 0. The van der Waals surface area contributed by atoms with Gasteiger partial charge in [0.25, 0.3) is 5.69 Å². The van der Waals surface area contributed by atoms with Crippen LogP contribution in [-0.4, -0.2) is 10.0 Å². The quantitative estimate of drug-likeness (QED) is 0.639. The maximum Gasteiger partial charge on any atom is 0.292 e. The van der Waals surface area contributed by atoms with Crippen LogP contribution in [0, 0.1) is 17.0 Å². The minimum Gasteiger partial charge on any atom is -0.508 e. The molecule has 2 rings (SSSR count). The van der Waals surface area contributed by atoms with E-state index >= 15 is 0 Å². The summed E-state index contributed by atoms with van der Waals surface area (Å²) in [7, 11) is 0. The summed E-state index contributed by atoms with van der Waals surface area (Å²) < 4.78 is 0. The molecule has 0 aliphatic heterocycles.